The van der Waals surface area contributed by atoms with Gasteiger partial charge in [-0.05, 0) is 18.7 Å². The highest BCUT2D eigenvalue weighted by atomic mass is 16.2. The highest BCUT2D eigenvalue weighted by Crippen LogP contribution is 2.11. The number of amides is 2. The average Bonchev–Trinajstić information content (AvgIpc) is 2.17. The maximum atomic E-state index is 11.5. The molecule has 0 radical (unpaired) electrons. The number of hydrogen-bond acceptors (Lipinski definition) is 3. The average molecular weight is 207 g/mol. The molecule has 0 aliphatic heterocycles. The molecule has 1 rings (SSSR count). The molecule has 5 N–H and O–H groups in total. The van der Waals surface area contributed by atoms with Crippen molar-refractivity contribution in [3.05, 3.63) is 29.8 Å². The maximum absolute atomic E-state index is 11.5. The molecule has 0 atom stereocenters. The molecule has 1 aromatic rings. The third-order valence-electron chi connectivity index (χ3n) is 1.82. The first kappa shape index (κ1) is 11.2. The van der Waals surface area contributed by atoms with Gasteiger partial charge in [-0.2, -0.15) is 0 Å². The molecule has 0 bridgehead atoms. The molecule has 0 aliphatic carbocycles. The van der Waals surface area contributed by atoms with Crippen LogP contribution in [0.25, 0.3) is 0 Å². The second-order valence-corrected chi connectivity index (χ2v) is 3.03. The van der Waals surface area contributed by atoms with Crippen molar-refractivity contribution >= 4 is 17.5 Å². The lowest BCUT2D eigenvalue weighted by Crippen LogP contribution is -2.19. The predicted molar refractivity (Wildman–Crippen MR) is 57.7 cm³/mol. The van der Waals surface area contributed by atoms with Crippen molar-refractivity contribution in [3.8, 4) is 0 Å². The van der Waals surface area contributed by atoms with Gasteiger partial charge in [0, 0.05) is 17.7 Å². The van der Waals surface area contributed by atoms with Crippen LogP contribution in [0.3, 0.4) is 0 Å². The summed E-state index contributed by atoms with van der Waals surface area (Å²) in [5.74, 6) is -0.0504. The standard InChI is InChI=1S/C10H13N3O2/c11-5-4-9(14)7-2-1-3-8(6-7)13-10(12)15/h1-3,6H,4-5,11H2,(H3,12,13,15). The SMILES string of the molecule is NCCC(=O)c1cccc(NC(N)=O)c1. The first-order valence-corrected chi connectivity index (χ1v) is 4.53. The van der Waals surface area contributed by atoms with E-state index in [0.29, 0.717) is 24.2 Å². The van der Waals surface area contributed by atoms with Crippen molar-refractivity contribution in [1.29, 1.82) is 0 Å². The molecular formula is C10H13N3O2. The summed E-state index contributed by atoms with van der Waals surface area (Å²) in [6.45, 7) is 0.312. The Morgan fingerprint density at radius 3 is 2.67 bits per heavy atom. The summed E-state index contributed by atoms with van der Waals surface area (Å²) in [4.78, 5) is 22.0. The number of anilines is 1. The van der Waals surface area contributed by atoms with E-state index in [4.69, 9.17) is 11.5 Å². The fourth-order valence-electron chi connectivity index (χ4n) is 1.19. The molecule has 0 aliphatic rings. The van der Waals surface area contributed by atoms with Gasteiger partial charge in [0.2, 0.25) is 0 Å². The predicted octanol–water partition coefficient (Wildman–Crippen LogP) is 0.709. The Balaban J connectivity index is 2.82. The van der Waals surface area contributed by atoms with Crippen molar-refractivity contribution in [2.24, 2.45) is 11.5 Å². The first-order valence-electron chi connectivity index (χ1n) is 4.53. The Morgan fingerprint density at radius 2 is 2.07 bits per heavy atom. The minimum Gasteiger partial charge on any atom is -0.351 e. The lowest BCUT2D eigenvalue weighted by Gasteiger charge is -2.04. The minimum absolute atomic E-state index is 0.0504. The fourth-order valence-corrected chi connectivity index (χ4v) is 1.19. The maximum Gasteiger partial charge on any atom is 0.316 e. The van der Waals surface area contributed by atoms with Gasteiger partial charge in [-0.25, -0.2) is 4.79 Å². The second-order valence-electron chi connectivity index (χ2n) is 3.03. The van der Waals surface area contributed by atoms with Gasteiger partial charge < -0.3 is 16.8 Å². The van der Waals surface area contributed by atoms with Crippen LogP contribution in [0.15, 0.2) is 24.3 Å². The van der Waals surface area contributed by atoms with E-state index < -0.39 is 6.03 Å². The summed E-state index contributed by atoms with van der Waals surface area (Å²) in [6, 6.07) is 5.92. The summed E-state index contributed by atoms with van der Waals surface area (Å²) in [5, 5.41) is 2.40. The van der Waals surface area contributed by atoms with Gasteiger partial charge in [0.15, 0.2) is 5.78 Å². The smallest absolute Gasteiger partial charge is 0.316 e. The number of Topliss-reactive ketones (excluding diaryl/α,β-unsaturated/α-hetero) is 1. The molecule has 15 heavy (non-hydrogen) atoms. The van der Waals surface area contributed by atoms with Crippen LogP contribution in [0, 0.1) is 0 Å². The van der Waals surface area contributed by atoms with E-state index in [0.717, 1.165) is 0 Å². The molecule has 0 aromatic heterocycles. The van der Waals surface area contributed by atoms with Crippen LogP contribution >= 0.6 is 0 Å². The van der Waals surface area contributed by atoms with E-state index in [1.54, 1.807) is 24.3 Å². The Morgan fingerprint density at radius 1 is 1.33 bits per heavy atom. The molecular weight excluding hydrogens is 194 g/mol. The third-order valence-corrected chi connectivity index (χ3v) is 1.82. The molecule has 80 valence electrons. The van der Waals surface area contributed by atoms with Crippen molar-refractivity contribution in [3.63, 3.8) is 0 Å². The molecule has 0 saturated carbocycles. The van der Waals surface area contributed by atoms with Gasteiger partial charge in [0.1, 0.15) is 0 Å². The lowest BCUT2D eigenvalue weighted by molar-refractivity contribution is 0.0985. The van der Waals surface area contributed by atoms with E-state index in [2.05, 4.69) is 5.32 Å². The summed E-state index contributed by atoms with van der Waals surface area (Å²) < 4.78 is 0. The van der Waals surface area contributed by atoms with E-state index in [1.807, 2.05) is 0 Å². The van der Waals surface area contributed by atoms with E-state index in [1.165, 1.54) is 0 Å². The zero-order valence-corrected chi connectivity index (χ0v) is 8.19. The molecule has 0 heterocycles. The zero-order valence-electron chi connectivity index (χ0n) is 8.19. The van der Waals surface area contributed by atoms with Crippen LogP contribution in [0.2, 0.25) is 0 Å². The fraction of sp³-hybridized carbons (Fsp3) is 0.200. The molecule has 5 nitrogen and oxygen atoms in total. The van der Waals surface area contributed by atoms with Crippen molar-refractivity contribution in [2.45, 2.75) is 6.42 Å². The number of hydrogen-bond donors (Lipinski definition) is 3. The molecule has 1 aromatic carbocycles. The summed E-state index contributed by atoms with van der Waals surface area (Å²) in [5.41, 5.74) is 11.3. The Hall–Kier alpha value is -1.88. The summed E-state index contributed by atoms with van der Waals surface area (Å²) >= 11 is 0. The van der Waals surface area contributed by atoms with Crippen molar-refractivity contribution in [2.75, 3.05) is 11.9 Å². The van der Waals surface area contributed by atoms with Crippen LogP contribution < -0.4 is 16.8 Å². The van der Waals surface area contributed by atoms with Gasteiger partial charge in [0.25, 0.3) is 0 Å². The summed E-state index contributed by atoms with van der Waals surface area (Å²) in [7, 11) is 0. The number of nitrogens with two attached hydrogens (primary N) is 2. The van der Waals surface area contributed by atoms with Crippen LogP contribution in [-0.2, 0) is 0 Å². The third kappa shape index (κ3) is 3.40. The van der Waals surface area contributed by atoms with Gasteiger partial charge in [-0.3, -0.25) is 4.79 Å². The van der Waals surface area contributed by atoms with Crippen LogP contribution in [0.4, 0.5) is 10.5 Å². The Kier molecular flexibility index (Phi) is 3.82. The van der Waals surface area contributed by atoms with Gasteiger partial charge in [0.05, 0.1) is 0 Å². The normalized spacial score (nSPS) is 9.67. The number of carbonyl (C=O) groups is 2. The first-order chi connectivity index (χ1) is 7.13. The number of benzene rings is 1. The van der Waals surface area contributed by atoms with Crippen molar-refractivity contribution < 1.29 is 9.59 Å². The summed E-state index contributed by atoms with van der Waals surface area (Å²) in [6.07, 6.45) is 0.292. The highest BCUT2D eigenvalue weighted by molar-refractivity contribution is 5.98. The quantitative estimate of drug-likeness (QED) is 0.634. The lowest BCUT2D eigenvalue weighted by atomic mass is 10.1. The molecule has 0 saturated heterocycles. The van der Waals surface area contributed by atoms with Gasteiger partial charge in [-0.1, -0.05) is 12.1 Å². The van der Waals surface area contributed by atoms with Crippen molar-refractivity contribution in [1.82, 2.24) is 0 Å². The molecule has 0 spiro atoms. The number of primary amides is 1. The van der Waals surface area contributed by atoms with E-state index >= 15 is 0 Å². The van der Waals surface area contributed by atoms with E-state index in [-0.39, 0.29) is 5.78 Å². The zero-order chi connectivity index (χ0) is 11.3. The minimum atomic E-state index is -0.654. The van der Waals surface area contributed by atoms with Crippen LogP contribution in [0.1, 0.15) is 16.8 Å². The molecule has 0 unspecified atom stereocenters. The number of carbonyl (C=O) groups excluding carboxylic acids is 2. The monoisotopic (exact) mass is 207 g/mol. The number of urea groups is 1. The van der Waals surface area contributed by atoms with Gasteiger partial charge in [-0.15, -0.1) is 0 Å². The second kappa shape index (κ2) is 5.11. The van der Waals surface area contributed by atoms with E-state index in [9.17, 15) is 9.59 Å². The van der Waals surface area contributed by atoms with Crippen LogP contribution in [-0.4, -0.2) is 18.4 Å². The number of rotatable bonds is 4. The van der Waals surface area contributed by atoms with Crippen LogP contribution in [0.5, 0.6) is 0 Å². The number of nitrogens with one attached hydrogen (secondary N) is 1. The highest BCUT2D eigenvalue weighted by Gasteiger charge is 2.05. The molecule has 0 fully saturated rings. The Labute approximate surface area is 87.4 Å². The topological polar surface area (TPSA) is 98.2 Å². The number of ketones is 1. The molecule has 5 heteroatoms. The molecule has 2 amide bonds. The van der Waals surface area contributed by atoms with Gasteiger partial charge >= 0.3 is 6.03 Å². The largest absolute Gasteiger partial charge is 0.351 e. The Bertz CT molecular complexity index is 377.